The van der Waals surface area contributed by atoms with Crippen molar-refractivity contribution in [2.24, 2.45) is 11.8 Å². The Labute approximate surface area is 188 Å². The Morgan fingerprint density at radius 3 is 2.44 bits per heavy atom. The Morgan fingerprint density at radius 1 is 1.09 bits per heavy atom. The van der Waals surface area contributed by atoms with Gasteiger partial charge in [0, 0.05) is 29.0 Å². The van der Waals surface area contributed by atoms with E-state index in [1.807, 2.05) is 0 Å². The number of anilines is 1. The predicted molar refractivity (Wildman–Crippen MR) is 120 cm³/mol. The van der Waals surface area contributed by atoms with Gasteiger partial charge in [-0.25, -0.2) is 13.8 Å². The largest absolute Gasteiger partial charge is 0.508 e. The van der Waals surface area contributed by atoms with Crippen LogP contribution in [0.5, 0.6) is 5.75 Å². The van der Waals surface area contributed by atoms with E-state index in [9.17, 15) is 18.7 Å². The van der Waals surface area contributed by atoms with Gasteiger partial charge >= 0.3 is 5.97 Å². The summed E-state index contributed by atoms with van der Waals surface area (Å²) in [6.07, 6.45) is 3.06. The van der Waals surface area contributed by atoms with Crippen LogP contribution < -0.4 is 5.32 Å². The molecule has 5 nitrogen and oxygen atoms in total. The normalized spacial score (nSPS) is 18.4. The topological polar surface area (TPSA) is 82.5 Å². The minimum absolute atomic E-state index is 0.0175. The van der Waals surface area contributed by atoms with Crippen molar-refractivity contribution in [3.05, 3.63) is 64.5 Å². The number of carbonyl (C=O) groups is 1. The van der Waals surface area contributed by atoms with Crippen LogP contribution in [0, 0.1) is 23.5 Å². The Bertz CT molecular complexity index is 1090. The van der Waals surface area contributed by atoms with Gasteiger partial charge in [0.05, 0.1) is 11.6 Å². The van der Waals surface area contributed by atoms with Crippen LogP contribution in [0.15, 0.2) is 42.5 Å². The zero-order valence-electron chi connectivity index (χ0n) is 17.4. The first-order chi connectivity index (χ1) is 15.4. The maximum atomic E-state index is 14.3. The monoisotopic (exact) mass is 458 g/mol. The first-order valence-electron chi connectivity index (χ1n) is 10.6. The maximum Gasteiger partial charge on any atom is 0.306 e. The first kappa shape index (κ1) is 22.2. The van der Waals surface area contributed by atoms with Crippen molar-refractivity contribution in [2.75, 3.05) is 11.9 Å². The number of phenols is 1. The number of aromatic hydroxyl groups is 1. The Morgan fingerprint density at radius 2 is 1.78 bits per heavy atom. The number of nitrogens with one attached hydrogen (secondary N) is 1. The van der Waals surface area contributed by atoms with E-state index in [0.29, 0.717) is 46.6 Å². The van der Waals surface area contributed by atoms with Gasteiger partial charge in [-0.2, -0.15) is 0 Å². The summed E-state index contributed by atoms with van der Waals surface area (Å²) in [5, 5.41) is 23.0. The van der Waals surface area contributed by atoms with Crippen molar-refractivity contribution in [3.63, 3.8) is 0 Å². The minimum atomic E-state index is -0.725. The van der Waals surface area contributed by atoms with Crippen LogP contribution in [-0.4, -0.2) is 27.7 Å². The summed E-state index contributed by atoms with van der Waals surface area (Å²) in [7, 11) is 0. The molecule has 3 aromatic rings. The summed E-state index contributed by atoms with van der Waals surface area (Å²) in [6, 6.07) is 10.4. The molecule has 4 rings (SSSR count). The molecule has 3 N–H and O–H groups in total. The smallest absolute Gasteiger partial charge is 0.306 e. The van der Waals surface area contributed by atoms with Gasteiger partial charge < -0.3 is 15.5 Å². The summed E-state index contributed by atoms with van der Waals surface area (Å²) < 4.78 is 28.5. The van der Waals surface area contributed by atoms with Crippen molar-refractivity contribution in [2.45, 2.75) is 32.1 Å². The third-order valence-electron chi connectivity index (χ3n) is 5.95. The van der Waals surface area contributed by atoms with E-state index in [-0.39, 0.29) is 23.7 Å². The highest BCUT2D eigenvalue weighted by molar-refractivity contribution is 7.16. The zero-order chi connectivity index (χ0) is 22.7. The molecule has 1 saturated carbocycles. The van der Waals surface area contributed by atoms with Crippen molar-refractivity contribution in [3.8, 4) is 17.0 Å². The average Bonchev–Trinajstić information content (AvgIpc) is 3.18. The van der Waals surface area contributed by atoms with E-state index >= 15 is 0 Å². The van der Waals surface area contributed by atoms with Crippen molar-refractivity contribution >= 4 is 22.4 Å². The lowest BCUT2D eigenvalue weighted by Gasteiger charge is -2.26. The highest BCUT2D eigenvalue weighted by atomic mass is 32.1. The van der Waals surface area contributed by atoms with Gasteiger partial charge in [0.15, 0.2) is 5.13 Å². The van der Waals surface area contributed by atoms with Crippen LogP contribution in [0.4, 0.5) is 13.9 Å². The third kappa shape index (κ3) is 5.07. The van der Waals surface area contributed by atoms with Crippen LogP contribution in [0.2, 0.25) is 0 Å². The van der Waals surface area contributed by atoms with E-state index in [2.05, 4.69) is 10.3 Å². The molecule has 0 unspecified atom stereocenters. The standard InChI is InChI=1S/C24H24F2N2O3S/c25-19-5-2-6-20(26)18(19)12-21-22(16-3-1-4-17(29)11-16)28-24(32-21)27-13-14-7-9-15(10-8-14)23(30)31/h1-6,11,14-15,29H,7-10,12-13H2,(H,27,28)(H,30,31). The quantitative estimate of drug-likeness (QED) is 0.424. The Hall–Kier alpha value is -3.00. The van der Waals surface area contributed by atoms with E-state index in [1.54, 1.807) is 24.3 Å². The summed E-state index contributed by atoms with van der Waals surface area (Å²) in [4.78, 5) is 16.5. The lowest BCUT2D eigenvalue weighted by atomic mass is 9.82. The lowest BCUT2D eigenvalue weighted by molar-refractivity contribution is -0.143. The fraction of sp³-hybridized carbons (Fsp3) is 0.333. The predicted octanol–water partition coefficient (Wildman–Crippen LogP) is 5.69. The van der Waals surface area contributed by atoms with Crippen LogP contribution in [0.25, 0.3) is 11.3 Å². The second kappa shape index (κ2) is 9.65. The number of halogens is 2. The number of benzene rings is 2. The van der Waals surface area contributed by atoms with Gasteiger partial charge in [0.1, 0.15) is 17.4 Å². The highest BCUT2D eigenvalue weighted by Gasteiger charge is 2.26. The van der Waals surface area contributed by atoms with E-state index < -0.39 is 17.6 Å². The SMILES string of the molecule is O=C(O)C1CCC(CNc2nc(-c3cccc(O)c3)c(Cc3c(F)cccc3F)s2)CC1. The van der Waals surface area contributed by atoms with Crippen LogP contribution in [0.1, 0.15) is 36.1 Å². The third-order valence-corrected chi connectivity index (χ3v) is 6.97. The molecule has 1 aliphatic rings. The van der Waals surface area contributed by atoms with Crippen LogP contribution in [0.3, 0.4) is 0 Å². The molecule has 1 fully saturated rings. The lowest BCUT2D eigenvalue weighted by Crippen LogP contribution is -2.25. The molecular weight excluding hydrogens is 434 g/mol. The average molecular weight is 459 g/mol. The number of phenolic OH excluding ortho intramolecular Hbond substituents is 1. The van der Waals surface area contributed by atoms with E-state index in [1.165, 1.54) is 29.5 Å². The number of nitrogens with zero attached hydrogens (tertiary/aromatic N) is 1. The number of aromatic nitrogens is 1. The molecule has 168 valence electrons. The van der Waals surface area contributed by atoms with Crippen molar-refractivity contribution in [1.82, 2.24) is 4.98 Å². The Balaban J connectivity index is 1.55. The number of aliphatic carboxylic acids is 1. The summed E-state index contributed by atoms with van der Waals surface area (Å²) in [6.45, 7) is 0.660. The molecule has 0 aliphatic heterocycles. The summed E-state index contributed by atoms with van der Waals surface area (Å²) in [5.41, 5.74) is 1.23. The van der Waals surface area contributed by atoms with Crippen molar-refractivity contribution < 1.29 is 23.8 Å². The molecule has 0 bridgehead atoms. The molecule has 0 spiro atoms. The van der Waals surface area contributed by atoms with Crippen LogP contribution in [-0.2, 0) is 11.2 Å². The first-order valence-corrected chi connectivity index (χ1v) is 11.4. The fourth-order valence-corrected chi connectivity index (χ4v) is 5.14. The molecule has 1 heterocycles. The number of thiazole rings is 1. The van der Waals surface area contributed by atoms with Gasteiger partial charge in [0.2, 0.25) is 0 Å². The minimum Gasteiger partial charge on any atom is -0.508 e. The molecular formula is C24H24F2N2O3S. The van der Waals surface area contributed by atoms with E-state index in [0.717, 1.165) is 12.8 Å². The maximum absolute atomic E-state index is 14.3. The number of carboxylic acids is 1. The molecule has 0 saturated heterocycles. The molecule has 0 radical (unpaired) electrons. The number of hydrogen-bond acceptors (Lipinski definition) is 5. The summed E-state index contributed by atoms with van der Waals surface area (Å²) >= 11 is 1.34. The second-order valence-electron chi connectivity index (χ2n) is 8.15. The molecule has 32 heavy (non-hydrogen) atoms. The fourth-order valence-electron chi connectivity index (χ4n) is 4.13. The van der Waals surface area contributed by atoms with Gasteiger partial charge in [-0.3, -0.25) is 4.79 Å². The highest BCUT2D eigenvalue weighted by Crippen LogP contribution is 2.36. The van der Waals surface area contributed by atoms with Gasteiger partial charge in [-0.05, 0) is 55.9 Å². The molecule has 0 atom stereocenters. The van der Waals surface area contributed by atoms with E-state index in [4.69, 9.17) is 5.11 Å². The molecule has 8 heteroatoms. The van der Waals surface area contributed by atoms with Gasteiger partial charge in [-0.15, -0.1) is 11.3 Å². The zero-order valence-corrected chi connectivity index (χ0v) is 18.2. The van der Waals surface area contributed by atoms with Crippen LogP contribution >= 0.6 is 11.3 Å². The van der Waals surface area contributed by atoms with Gasteiger partial charge in [0.25, 0.3) is 0 Å². The Kier molecular flexibility index (Phi) is 6.69. The molecule has 0 amide bonds. The number of rotatable bonds is 7. The molecule has 1 aromatic heterocycles. The summed E-state index contributed by atoms with van der Waals surface area (Å²) in [5.74, 6) is -1.76. The molecule has 1 aliphatic carbocycles. The second-order valence-corrected chi connectivity index (χ2v) is 9.24. The number of carboxylic acid groups (broad SMARTS) is 1. The van der Waals surface area contributed by atoms with Crippen molar-refractivity contribution in [1.29, 1.82) is 0 Å². The number of hydrogen-bond donors (Lipinski definition) is 3. The molecule has 2 aromatic carbocycles. The van der Waals surface area contributed by atoms with Gasteiger partial charge in [-0.1, -0.05) is 18.2 Å².